The minimum absolute atomic E-state index is 0.0295. The molecule has 0 spiro atoms. The average molecular weight is 371 g/mol. The first-order valence-corrected chi connectivity index (χ1v) is 9.95. The minimum Gasteiger partial charge on any atom is -0.396 e. The van der Waals surface area contributed by atoms with Gasteiger partial charge in [-0.2, -0.15) is 0 Å². The summed E-state index contributed by atoms with van der Waals surface area (Å²) in [5.74, 6) is 0. The van der Waals surface area contributed by atoms with E-state index in [2.05, 4.69) is 44.3 Å². The number of hydrogen-bond acceptors (Lipinski definition) is 3. The molecule has 2 fully saturated rings. The Balaban J connectivity index is 1.66. The summed E-state index contributed by atoms with van der Waals surface area (Å²) >= 11 is 5.62. The van der Waals surface area contributed by atoms with Crippen LogP contribution >= 0.6 is 12.2 Å². The molecule has 4 rings (SSSR count). The van der Waals surface area contributed by atoms with Crippen molar-refractivity contribution in [1.29, 1.82) is 0 Å². The molecule has 2 N–H and O–H groups in total. The van der Waals surface area contributed by atoms with Gasteiger partial charge in [0.05, 0.1) is 17.8 Å². The Labute approximate surface area is 160 Å². The predicted molar refractivity (Wildman–Crippen MR) is 106 cm³/mol. The van der Waals surface area contributed by atoms with Gasteiger partial charge in [-0.25, -0.2) is 0 Å². The fourth-order valence-corrected chi connectivity index (χ4v) is 4.62. The van der Waals surface area contributed by atoms with Crippen LogP contribution in [0.25, 0.3) is 0 Å². The molecule has 1 aliphatic heterocycles. The van der Waals surface area contributed by atoms with Gasteiger partial charge >= 0.3 is 0 Å². The molecule has 5 nitrogen and oxygen atoms in total. The van der Waals surface area contributed by atoms with Crippen LogP contribution in [0.15, 0.2) is 42.9 Å². The minimum atomic E-state index is 0.0295. The quantitative estimate of drug-likeness (QED) is 0.764. The topological polar surface area (TPSA) is 53.3 Å². The highest BCUT2D eigenvalue weighted by atomic mass is 32.1. The zero-order chi connectivity index (χ0) is 17.9. The number of pyridine rings is 1. The van der Waals surface area contributed by atoms with Gasteiger partial charge in [-0.05, 0) is 55.2 Å². The number of aliphatic hydroxyl groups excluding tert-OH is 1. The van der Waals surface area contributed by atoms with Gasteiger partial charge < -0.3 is 19.9 Å². The van der Waals surface area contributed by atoms with Gasteiger partial charge in [0, 0.05) is 37.8 Å². The first-order valence-electron chi connectivity index (χ1n) is 9.54. The van der Waals surface area contributed by atoms with E-state index in [-0.39, 0.29) is 18.7 Å². The molecular weight excluding hydrogens is 344 g/mol. The van der Waals surface area contributed by atoms with E-state index in [0.717, 1.165) is 17.4 Å². The molecule has 138 valence electrons. The Morgan fingerprint density at radius 3 is 2.81 bits per heavy atom. The zero-order valence-corrected chi connectivity index (χ0v) is 15.7. The van der Waals surface area contributed by atoms with Crippen LogP contribution in [0, 0.1) is 0 Å². The lowest BCUT2D eigenvalue weighted by atomic mass is 9.99. The summed E-state index contributed by atoms with van der Waals surface area (Å²) in [6.45, 7) is 0.911. The van der Waals surface area contributed by atoms with Crippen molar-refractivity contribution in [1.82, 2.24) is 19.8 Å². The molecule has 2 atom stereocenters. The first-order chi connectivity index (χ1) is 12.8. The lowest BCUT2D eigenvalue weighted by Gasteiger charge is -2.27. The van der Waals surface area contributed by atoms with Crippen molar-refractivity contribution in [2.75, 3.05) is 13.2 Å². The Morgan fingerprint density at radius 2 is 2.08 bits per heavy atom. The molecule has 6 heteroatoms. The predicted octanol–water partition coefficient (Wildman–Crippen LogP) is 3.35. The maximum atomic E-state index is 9.29. The maximum absolute atomic E-state index is 9.29. The molecule has 1 aliphatic carbocycles. The number of hydrogen-bond donors (Lipinski definition) is 2. The van der Waals surface area contributed by atoms with Crippen molar-refractivity contribution < 1.29 is 5.11 Å². The molecule has 0 aromatic carbocycles. The molecule has 0 radical (unpaired) electrons. The maximum Gasteiger partial charge on any atom is 0.170 e. The molecule has 1 saturated carbocycles. The fraction of sp³-hybridized carbons (Fsp3) is 0.500. The lowest BCUT2D eigenvalue weighted by Crippen LogP contribution is -2.31. The second kappa shape index (κ2) is 7.76. The average Bonchev–Trinajstić information content (AvgIpc) is 3.40. The second-order valence-corrected chi connectivity index (χ2v) is 7.61. The standard InChI is InChI=1S/C20H26N4OS/c25-13-5-11-24-19(15-9-12-23(14-15)16-6-1-2-7-16)18(22-20(24)26)17-8-3-4-10-21-17/h3-4,8-10,12,14,16,18-19,25H,1-2,5-7,11,13H2,(H,22,26)/t18-,19-/m0/s1. The number of rotatable bonds is 6. The first kappa shape index (κ1) is 17.5. The van der Waals surface area contributed by atoms with Crippen LogP contribution in [0.4, 0.5) is 0 Å². The third-order valence-corrected chi connectivity index (χ3v) is 5.93. The van der Waals surface area contributed by atoms with E-state index in [1.54, 1.807) is 0 Å². The number of nitrogens with zero attached hydrogens (tertiary/aromatic N) is 3. The number of aromatic nitrogens is 2. The van der Waals surface area contributed by atoms with E-state index in [0.29, 0.717) is 12.5 Å². The van der Waals surface area contributed by atoms with Gasteiger partial charge in [-0.1, -0.05) is 18.9 Å². The van der Waals surface area contributed by atoms with Gasteiger partial charge in [0.2, 0.25) is 0 Å². The summed E-state index contributed by atoms with van der Waals surface area (Å²) in [4.78, 5) is 6.77. The summed E-state index contributed by atoms with van der Waals surface area (Å²) in [5.41, 5.74) is 2.26. The molecular formula is C20H26N4OS. The third-order valence-electron chi connectivity index (χ3n) is 5.58. The van der Waals surface area contributed by atoms with Crippen LogP contribution in [-0.4, -0.2) is 37.8 Å². The van der Waals surface area contributed by atoms with Gasteiger partial charge in [0.1, 0.15) is 0 Å². The van der Waals surface area contributed by atoms with E-state index in [1.807, 2.05) is 18.3 Å². The molecule has 1 saturated heterocycles. The highest BCUT2D eigenvalue weighted by molar-refractivity contribution is 7.80. The van der Waals surface area contributed by atoms with Crippen molar-refractivity contribution in [3.8, 4) is 0 Å². The van der Waals surface area contributed by atoms with Gasteiger partial charge in [0.25, 0.3) is 0 Å². The van der Waals surface area contributed by atoms with Crippen molar-refractivity contribution in [2.45, 2.75) is 50.2 Å². The Hall–Kier alpha value is -1.92. The molecule has 2 aliphatic rings. The summed E-state index contributed by atoms with van der Waals surface area (Å²) in [6, 6.07) is 8.99. The summed E-state index contributed by atoms with van der Waals surface area (Å²) in [7, 11) is 0. The highest BCUT2D eigenvalue weighted by Crippen LogP contribution is 2.39. The van der Waals surface area contributed by atoms with Crippen LogP contribution in [0.5, 0.6) is 0 Å². The SMILES string of the molecule is OCCCN1C(=S)N[C@@H](c2ccccn2)[C@@H]1c1ccn(C2CCCC2)c1. The molecule has 2 aromatic heterocycles. The Kier molecular flexibility index (Phi) is 5.22. The van der Waals surface area contributed by atoms with Crippen molar-refractivity contribution in [2.24, 2.45) is 0 Å². The van der Waals surface area contributed by atoms with Gasteiger partial charge in [-0.3, -0.25) is 4.98 Å². The van der Waals surface area contributed by atoms with Crippen LogP contribution < -0.4 is 5.32 Å². The monoisotopic (exact) mass is 370 g/mol. The van der Waals surface area contributed by atoms with Crippen molar-refractivity contribution >= 4 is 17.3 Å². The summed E-state index contributed by atoms with van der Waals surface area (Å²) in [6.07, 6.45) is 12.2. The summed E-state index contributed by atoms with van der Waals surface area (Å²) in [5, 5.41) is 13.5. The van der Waals surface area contributed by atoms with Crippen LogP contribution in [0.2, 0.25) is 0 Å². The smallest absolute Gasteiger partial charge is 0.170 e. The number of nitrogens with one attached hydrogen (secondary N) is 1. The van der Waals surface area contributed by atoms with Gasteiger partial charge in [-0.15, -0.1) is 0 Å². The van der Waals surface area contributed by atoms with Crippen LogP contribution in [0.1, 0.15) is 61.5 Å². The number of thiocarbonyl (C=S) groups is 1. The van der Waals surface area contributed by atoms with Crippen molar-refractivity contribution in [3.63, 3.8) is 0 Å². The highest BCUT2D eigenvalue weighted by Gasteiger charge is 2.39. The molecule has 3 heterocycles. The molecule has 0 bridgehead atoms. The Bertz CT molecular complexity index is 741. The third kappa shape index (κ3) is 3.35. The largest absolute Gasteiger partial charge is 0.396 e. The van der Waals surface area contributed by atoms with E-state index in [9.17, 15) is 5.11 Å². The van der Waals surface area contributed by atoms with Crippen LogP contribution in [-0.2, 0) is 0 Å². The summed E-state index contributed by atoms with van der Waals surface area (Å²) < 4.78 is 2.38. The lowest BCUT2D eigenvalue weighted by molar-refractivity contribution is 0.247. The fourth-order valence-electron chi connectivity index (χ4n) is 4.29. The molecule has 26 heavy (non-hydrogen) atoms. The van der Waals surface area contributed by atoms with E-state index < -0.39 is 0 Å². The zero-order valence-electron chi connectivity index (χ0n) is 14.9. The Morgan fingerprint density at radius 1 is 1.23 bits per heavy atom. The molecule has 0 unspecified atom stereocenters. The van der Waals surface area contributed by atoms with Gasteiger partial charge in [0.15, 0.2) is 5.11 Å². The van der Waals surface area contributed by atoms with E-state index in [1.165, 1.54) is 31.2 Å². The van der Waals surface area contributed by atoms with E-state index >= 15 is 0 Å². The normalized spacial score (nSPS) is 23.6. The van der Waals surface area contributed by atoms with E-state index in [4.69, 9.17) is 12.2 Å². The molecule has 2 aromatic rings. The molecule has 0 amide bonds. The second-order valence-electron chi connectivity index (χ2n) is 7.23. The van der Waals surface area contributed by atoms with Crippen LogP contribution in [0.3, 0.4) is 0 Å². The van der Waals surface area contributed by atoms with Crippen molar-refractivity contribution in [3.05, 3.63) is 54.1 Å². The number of aliphatic hydroxyl groups is 1.